The Morgan fingerprint density at radius 3 is 2.80 bits per heavy atom. The highest BCUT2D eigenvalue weighted by Gasteiger charge is 2.22. The quantitative estimate of drug-likeness (QED) is 0.356. The fraction of sp³-hybridized carbons (Fsp3) is 0.182. The van der Waals surface area contributed by atoms with Crippen LogP contribution in [-0.2, 0) is 7.05 Å². The molecule has 4 heterocycles. The van der Waals surface area contributed by atoms with Crippen LogP contribution in [-0.4, -0.2) is 47.5 Å². The van der Waals surface area contributed by atoms with E-state index in [1.54, 1.807) is 27.7 Å². The number of nitrogens with one attached hydrogen (secondary N) is 1. The molecule has 178 valence electrons. The monoisotopic (exact) mass is 508 g/mol. The van der Waals surface area contributed by atoms with Gasteiger partial charge in [0.1, 0.15) is 5.82 Å². The van der Waals surface area contributed by atoms with Gasteiger partial charge >= 0.3 is 0 Å². The van der Waals surface area contributed by atoms with Crippen LogP contribution in [0.4, 0.5) is 16.6 Å². The van der Waals surface area contributed by atoms with Crippen LogP contribution in [0.1, 0.15) is 29.1 Å². The first-order valence-corrected chi connectivity index (χ1v) is 11.8. The third-order valence-electron chi connectivity index (χ3n) is 5.42. The first-order valence-electron chi connectivity index (χ1n) is 10.6. The maximum absolute atomic E-state index is 13.1. The number of amides is 1. The first-order chi connectivity index (χ1) is 16.8. The van der Waals surface area contributed by atoms with Crippen LogP contribution in [0.2, 0.25) is 5.02 Å². The maximum Gasteiger partial charge on any atom is 0.255 e. The van der Waals surface area contributed by atoms with E-state index < -0.39 is 6.04 Å². The van der Waals surface area contributed by atoms with Crippen molar-refractivity contribution in [3.8, 4) is 11.1 Å². The summed E-state index contributed by atoms with van der Waals surface area (Å²) >= 11 is 7.50. The van der Waals surface area contributed by atoms with E-state index in [0.717, 1.165) is 16.8 Å². The molecule has 0 radical (unpaired) electrons. The highest BCUT2D eigenvalue weighted by Crippen LogP contribution is 2.30. The van der Waals surface area contributed by atoms with E-state index in [4.69, 9.17) is 17.3 Å². The number of hydrogen-bond donors (Lipinski definition) is 2. The predicted octanol–water partition coefficient (Wildman–Crippen LogP) is 3.48. The number of carbonyl (C=O) groups excluding carboxylic acids is 1. The second-order valence-corrected chi connectivity index (χ2v) is 9.30. The lowest BCUT2D eigenvalue weighted by molar-refractivity contribution is 0.0938. The lowest BCUT2D eigenvalue weighted by atomic mass is 10.1. The molecule has 11 nitrogen and oxygen atoms in total. The Hall–Kier alpha value is -4.03. The molecule has 0 fully saturated rings. The van der Waals surface area contributed by atoms with Gasteiger partial charge in [0.25, 0.3) is 5.91 Å². The molecular weight excluding hydrogens is 488 g/mol. The lowest BCUT2D eigenvalue weighted by Gasteiger charge is -2.15. The average Bonchev–Trinajstić information content (AvgIpc) is 3.54. The van der Waals surface area contributed by atoms with Gasteiger partial charge in [0.2, 0.25) is 10.1 Å². The van der Waals surface area contributed by atoms with Crippen molar-refractivity contribution in [1.82, 2.24) is 39.9 Å². The number of halogens is 1. The summed E-state index contributed by atoms with van der Waals surface area (Å²) in [6, 6.07) is 8.69. The molecule has 4 aromatic heterocycles. The van der Waals surface area contributed by atoms with E-state index in [0.29, 0.717) is 20.9 Å². The summed E-state index contributed by atoms with van der Waals surface area (Å²) in [6.45, 7) is 1.81. The number of anilines is 3. The Labute approximate surface area is 209 Å². The van der Waals surface area contributed by atoms with Gasteiger partial charge in [0.15, 0.2) is 5.82 Å². The molecule has 1 aromatic carbocycles. The third-order valence-corrected chi connectivity index (χ3v) is 6.63. The number of rotatable bonds is 6. The second-order valence-electron chi connectivity index (χ2n) is 7.93. The topological polar surface area (TPSA) is 132 Å². The SMILES string of the molecule is C[C@@H](NC(=O)c1cc(-c2cnn(C)c2)cnc1N)c1nnc2sc(N(C)c3cccc(Cl)c3)nn12. The van der Waals surface area contributed by atoms with E-state index >= 15 is 0 Å². The van der Waals surface area contributed by atoms with Gasteiger partial charge in [0, 0.05) is 48.3 Å². The summed E-state index contributed by atoms with van der Waals surface area (Å²) in [7, 11) is 3.72. The third kappa shape index (κ3) is 4.40. The fourth-order valence-corrected chi connectivity index (χ4v) is 4.56. The number of carbonyl (C=O) groups is 1. The summed E-state index contributed by atoms with van der Waals surface area (Å²) in [5.74, 6) is 0.245. The van der Waals surface area contributed by atoms with Crippen molar-refractivity contribution in [3.05, 3.63) is 65.3 Å². The maximum atomic E-state index is 13.1. The van der Waals surface area contributed by atoms with Crippen LogP contribution < -0.4 is 16.0 Å². The van der Waals surface area contributed by atoms with Crippen molar-refractivity contribution in [3.63, 3.8) is 0 Å². The lowest BCUT2D eigenvalue weighted by Crippen LogP contribution is -2.29. The van der Waals surface area contributed by atoms with E-state index in [2.05, 4.69) is 30.7 Å². The average molecular weight is 509 g/mol. The summed E-state index contributed by atoms with van der Waals surface area (Å²) in [5.41, 5.74) is 8.74. The Morgan fingerprint density at radius 1 is 1.23 bits per heavy atom. The molecule has 0 aliphatic rings. The zero-order valence-corrected chi connectivity index (χ0v) is 20.6. The van der Waals surface area contributed by atoms with E-state index in [1.165, 1.54) is 11.3 Å². The van der Waals surface area contributed by atoms with Gasteiger partial charge in [-0.25, -0.2) is 4.98 Å². The molecule has 13 heteroatoms. The molecule has 0 aliphatic heterocycles. The first kappa shape index (κ1) is 22.7. The second kappa shape index (κ2) is 8.96. The number of pyridine rings is 1. The van der Waals surface area contributed by atoms with Gasteiger partial charge < -0.3 is 16.0 Å². The molecule has 5 aromatic rings. The highest BCUT2D eigenvalue weighted by molar-refractivity contribution is 7.20. The van der Waals surface area contributed by atoms with Crippen molar-refractivity contribution in [1.29, 1.82) is 0 Å². The zero-order valence-electron chi connectivity index (χ0n) is 19.0. The molecule has 1 atom stereocenters. The van der Waals surface area contributed by atoms with Gasteiger partial charge in [-0.05, 0) is 31.2 Å². The number of nitrogens with zero attached hydrogens (tertiary/aromatic N) is 8. The van der Waals surface area contributed by atoms with Crippen molar-refractivity contribution in [2.45, 2.75) is 13.0 Å². The minimum atomic E-state index is -0.495. The smallest absolute Gasteiger partial charge is 0.255 e. The molecule has 1 amide bonds. The van der Waals surface area contributed by atoms with Gasteiger partial charge in [-0.2, -0.15) is 9.61 Å². The minimum absolute atomic E-state index is 0.132. The van der Waals surface area contributed by atoms with Crippen LogP contribution in [0.15, 0.2) is 48.9 Å². The Morgan fingerprint density at radius 2 is 2.06 bits per heavy atom. The Balaban J connectivity index is 1.38. The van der Waals surface area contributed by atoms with Crippen LogP contribution in [0.3, 0.4) is 0 Å². The Bertz CT molecular complexity index is 1540. The highest BCUT2D eigenvalue weighted by atomic mass is 35.5. The van der Waals surface area contributed by atoms with Gasteiger partial charge in [-0.1, -0.05) is 29.0 Å². The van der Waals surface area contributed by atoms with Gasteiger partial charge in [-0.3, -0.25) is 9.48 Å². The van der Waals surface area contributed by atoms with Crippen LogP contribution in [0, 0.1) is 0 Å². The van der Waals surface area contributed by atoms with E-state index in [9.17, 15) is 4.79 Å². The number of fused-ring (bicyclic) bond motifs is 1. The molecule has 35 heavy (non-hydrogen) atoms. The summed E-state index contributed by atoms with van der Waals surface area (Å²) in [5, 5.41) is 21.5. The van der Waals surface area contributed by atoms with E-state index in [1.807, 2.05) is 56.4 Å². The number of benzene rings is 1. The number of nitrogen functional groups attached to an aromatic ring is 1. The molecule has 0 bridgehead atoms. The molecule has 5 rings (SSSR count). The molecule has 0 saturated heterocycles. The van der Waals surface area contributed by atoms with E-state index in [-0.39, 0.29) is 17.3 Å². The predicted molar refractivity (Wildman–Crippen MR) is 135 cm³/mol. The number of nitrogens with two attached hydrogens (primary N) is 1. The summed E-state index contributed by atoms with van der Waals surface area (Å²) in [4.78, 5) is 19.8. The van der Waals surface area contributed by atoms with Crippen molar-refractivity contribution in [2.24, 2.45) is 7.05 Å². The minimum Gasteiger partial charge on any atom is -0.383 e. The molecule has 0 aliphatic carbocycles. The van der Waals surface area contributed by atoms with Crippen molar-refractivity contribution >= 4 is 50.4 Å². The van der Waals surface area contributed by atoms with Crippen LogP contribution in [0.25, 0.3) is 16.1 Å². The molecule has 3 N–H and O–H groups in total. The van der Waals surface area contributed by atoms with Crippen molar-refractivity contribution in [2.75, 3.05) is 17.7 Å². The normalized spacial score (nSPS) is 12.1. The zero-order chi connectivity index (χ0) is 24.7. The number of aryl methyl sites for hydroxylation is 1. The fourth-order valence-electron chi connectivity index (χ4n) is 3.55. The molecule has 0 unspecified atom stereocenters. The summed E-state index contributed by atoms with van der Waals surface area (Å²) < 4.78 is 3.30. The Kier molecular flexibility index (Phi) is 5.83. The van der Waals surface area contributed by atoms with Crippen molar-refractivity contribution < 1.29 is 4.79 Å². The van der Waals surface area contributed by atoms with Crippen LogP contribution in [0.5, 0.6) is 0 Å². The molecular formula is C22H21ClN10OS. The summed E-state index contributed by atoms with van der Waals surface area (Å²) in [6.07, 6.45) is 5.15. The van der Waals surface area contributed by atoms with Crippen LogP contribution >= 0.6 is 22.9 Å². The van der Waals surface area contributed by atoms with Gasteiger partial charge in [-0.15, -0.1) is 15.3 Å². The molecule has 0 spiro atoms. The number of hydrogen-bond acceptors (Lipinski definition) is 9. The largest absolute Gasteiger partial charge is 0.383 e. The molecule has 0 saturated carbocycles. The standard InChI is InChI=1S/C22H21ClN10OS/c1-12(27-20(34)17-7-13(9-25-18(17)24)14-10-26-31(2)11-14)19-28-29-21-33(19)30-22(35-21)32(3)16-6-4-5-15(23)8-16/h4-12H,1-3H3,(H2,24,25)(H,27,34)/t12-/m1/s1. The number of aromatic nitrogens is 7. The van der Waals surface area contributed by atoms with Gasteiger partial charge in [0.05, 0.1) is 17.8 Å².